The van der Waals surface area contributed by atoms with E-state index in [4.69, 9.17) is 4.98 Å². The van der Waals surface area contributed by atoms with Crippen molar-refractivity contribution in [3.05, 3.63) is 71.7 Å². The fraction of sp³-hybridized carbons (Fsp3) is 0.158. The molecule has 24 heavy (non-hydrogen) atoms. The summed E-state index contributed by atoms with van der Waals surface area (Å²) < 4.78 is 15.0. The molecule has 0 aliphatic carbocycles. The third-order valence-electron chi connectivity index (χ3n) is 4.15. The quantitative estimate of drug-likeness (QED) is 0.604. The van der Waals surface area contributed by atoms with Gasteiger partial charge in [0, 0.05) is 17.5 Å². The lowest BCUT2D eigenvalue weighted by atomic mass is 10.1. The first-order valence-electron chi connectivity index (χ1n) is 7.89. The van der Waals surface area contributed by atoms with Gasteiger partial charge >= 0.3 is 0 Å². The number of benzene rings is 2. The lowest BCUT2D eigenvalue weighted by Crippen LogP contribution is -2.09. The maximum Gasteiger partial charge on any atom is 0.158 e. The van der Waals surface area contributed by atoms with Gasteiger partial charge in [0.1, 0.15) is 11.6 Å². The van der Waals surface area contributed by atoms with Gasteiger partial charge in [-0.3, -0.25) is 0 Å². The SMILES string of the molecule is Cc1cc2nc(N[C@@H](C)c3ccc(F)cc3)c3ccccc3n2n1. The molecule has 4 rings (SSSR count). The van der Waals surface area contributed by atoms with Crippen molar-refractivity contribution in [3.8, 4) is 0 Å². The molecule has 1 atom stereocenters. The van der Waals surface area contributed by atoms with E-state index in [1.54, 1.807) is 12.1 Å². The molecule has 0 radical (unpaired) electrons. The zero-order valence-electron chi connectivity index (χ0n) is 13.5. The van der Waals surface area contributed by atoms with Crippen molar-refractivity contribution in [1.29, 1.82) is 0 Å². The minimum Gasteiger partial charge on any atom is -0.363 e. The van der Waals surface area contributed by atoms with Crippen LogP contribution < -0.4 is 5.32 Å². The summed E-state index contributed by atoms with van der Waals surface area (Å²) >= 11 is 0. The monoisotopic (exact) mass is 320 g/mol. The highest BCUT2D eigenvalue weighted by Crippen LogP contribution is 2.26. The van der Waals surface area contributed by atoms with Crippen LogP contribution in [-0.4, -0.2) is 14.6 Å². The van der Waals surface area contributed by atoms with Crippen LogP contribution in [-0.2, 0) is 0 Å². The third kappa shape index (κ3) is 2.48. The zero-order valence-corrected chi connectivity index (χ0v) is 13.5. The fourth-order valence-electron chi connectivity index (χ4n) is 2.93. The van der Waals surface area contributed by atoms with Gasteiger partial charge in [-0.1, -0.05) is 24.3 Å². The molecule has 2 heterocycles. The van der Waals surface area contributed by atoms with E-state index in [1.165, 1.54) is 12.1 Å². The third-order valence-corrected chi connectivity index (χ3v) is 4.15. The minimum atomic E-state index is -0.231. The fourth-order valence-corrected chi connectivity index (χ4v) is 2.93. The summed E-state index contributed by atoms with van der Waals surface area (Å²) in [6, 6.07) is 16.5. The van der Waals surface area contributed by atoms with E-state index in [0.29, 0.717) is 0 Å². The van der Waals surface area contributed by atoms with Gasteiger partial charge in [-0.2, -0.15) is 5.10 Å². The number of para-hydroxylation sites is 1. The molecule has 0 saturated carbocycles. The number of anilines is 1. The molecule has 5 heteroatoms. The molecule has 0 saturated heterocycles. The van der Waals surface area contributed by atoms with Gasteiger partial charge in [-0.15, -0.1) is 0 Å². The summed E-state index contributed by atoms with van der Waals surface area (Å²) in [6.07, 6.45) is 0. The van der Waals surface area contributed by atoms with E-state index in [1.807, 2.05) is 48.7 Å². The van der Waals surface area contributed by atoms with Crippen LogP contribution >= 0.6 is 0 Å². The van der Waals surface area contributed by atoms with E-state index < -0.39 is 0 Å². The summed E-state index contributed by atoms with van der Waals surface area (Å²) in [5.41, 5.74) is 3.74. The van der Waals surface area contributed by atoms with Gasteiger partial charge < -0.3 is 5.32 Å². The van der Waals surface area contributed by atoms with E-state index in [9.17, 15) is 4.39 Å². The second-order valence-corrected chi connectivity index (χ2v) is 5.95. The normalized spacial score (nSPS) is 12.6. The first kappa shape index (κ1) is 14.6. The van der Waals surface area contributed by atoms with Crippen molar-refractivity contribution in [2.75, 3.05) is 5.32 Å². The molecule has 0 aliphatic heterocycles. The van der Waals surface area contributed by atoms with Crippen molar-refractivity contribution < 1.29 is 4.39 Å². The molecule has 4 nitrogen and oxygen atoms in total. The number of rotatable bonds is 3. The largest absolute Gasteiger partial charge is 0.363 e. The van der Waals surface area contributed by atoms with Crippen LogP contribution in [0.1, 0.15) is 24.2 Å². The predicted molar refractivity (Wildman–Crippen MR) is 93.7 cm³/mol. The molecule has 0 amide bonds. The van der Waals surface area contributed by atoms with Crippen molar-refractivity contribution in [1.82, 2.24) is 14.6 Å². The Hall–Kier alpha value is -2.95. The van der Waals surface area contributed by atoms with Crippen molar-refractivity contribution in [3.63, 3.8) is 0 Å². The zero-order chi connectivity index (χ0) is 16.7. The van der Waals surface area contributed by atoms with Gasteiger partial charge in [-0.25, -0.2) is 13.9 Å². The first-order valence-corrected chi connectivity index (χ1v) is 7.89. The highest BCUT2D eigenvalue weighted by molar-refractivity contribution is 5.91. The number of hydrogen-bond donors (Lipinski definition) is 1. The molecule has 0 bridgehead atoms. The summed E-state index contributed by atoms with van der Waals surface area (Å²) in [4.78, 5) is 4.72. The topological polar surface area (TPSA) is 42.2 Å². The summed E-state index contributed by atoms with van der Waals surface area (Å²) in [6.45, 7) is 3.99. The molecule has 4 aromatic rings. The van der Waals surface area contributed by atoms with Crippen LogP contribution in [0.4, 0.5) is 10.2 Å². The van der Waals surface area contributed by atoms with E-state index in [0.717, 1.165) is 33.6 Å². The van der Waals surface area contributed by atoms with E-state index in [-0.39, 0.29) is 11.9 Å². The van der Waals surface area contributed by atoms with Gasteiger partial charge in [-0.05, 0) is 43.7 Å². The first-order chi connectivity index (χ1) is 11.6. The molecule has 120 valence electrons. The Kier molecular flexibility index (Phi) is 3.41. The smallest absolute Gasteiger partial charge is 0.158 e. The summed E-state index contributed by atoms with van der Waals surface area (Å²) in [7, 11) is 0. The Bertz CT molecular complexity index is 1020. The number of nitrogens with one attached hydrogen (secondary N) is 1. The van der Waals surface area contributed by atoms with Crippen LogP contribution in [0.5, 0.6) is 0 Å². The summed E-state index contributed by atoms with van der Waals surface area (Å²) in [5, 5.41) is 8.96. The number of nitrogens with zero attached hydrogens (tertiary/aromatic N) is 3. The highest BCUT2D eigenvalue weighted by Gasteiger charge is 2.13. The molecular weight excluding hydrogens is 303 g/mol. The van der Waals surface area contributed by atoms with Crippen LogP contribution in [0.2, 0.25) is 0 Å². The van der Waals surface area contributed by atoms with Gasteiger partial charge in [0.15, 0.2) is 5.65 Å². The minimum absolute atomic E-state index is 0.00738. The second-order valence-electron chi connectivity index (χ2n) is 5.95. The molecule has 1 N–H and O–H groups in total. The number of halogens is 1. The molecule has 0 spiro atoms. The van der Waals surface area contributed by atoms with Crippen LogP contribution in [0, 0.1) is 12.7 Å². The average Bonchev–Trinajstić information content (AvgIpc) is 2.96. The van der Waals surface area contributed by atoms with E-state index >= 15 is 0 Å². The Morgan fingerprint density at radius 3 is 2.62 bits per heavy atom. The van der Waals surface area contributed by atoms with Crippen LogP contribution in [0.3, 0.4) is 0 Å². The maximum absolute atomic E-state index is 13.1. The molecular formula is C19H17FN4. The molecule has 0 unspecified atom stereocenters. The number of fused-ring (bicyclic) bond motifs is 3. The summed E-state index contributed by atoms with van der Waals surface area (Å²) in [5.74, 6) is 0.570. The Balaban J connectivity index is 1.81. The average molecular weight is 320 g/mol. The Morgan fingerprint density at radius 1 is 1.08 bits per heavy atom. The second kappa shape index (κ2) is 5.60. The van der Waals surface area contributed by atoms with Crippen molar-refractivity contribution >= 4 is 22.4 Å². The van der Waals surface area contributed by atoms with Gasteiger partial charge in [0.05, 0.1) is 11.2 Å². The van der Waals surface area contributed by atoms with Crippen LogP contribution in [0.15, 0.2) is 54.6 Å². The number of aromatic nitrogens is 3. The van der Waals surface area contributed by atoms with Crippen molar-refractivity contribution in [2.24, 2.45) is 0 Å². The Labute approximate surface area is 139 Å². The van der Waals surface area contributed by atoms with E-state index in [2.05, 4.69) is 10.4 Å². The standard InChI is InChI=1S/C19H17FN4/c1-12-11-18-22-19(16-5-3-4-6-17(16)24(18)23-12)21-13(2)14-7-9-15(20)10-8-14/h3-11,13H,1-2H3,(H,21,22)/t13-/m0/s1. The Morgan fingerprint density at radius 2 is 1.83 bits per heavy atom. The van der Waals surface area contributed by atoms with Crippen molar-refractivity contribution in [2.45, 2.75) is 19.9 Å². The number of aryl methyl sites for hydroxylation is 1. The van der Waals surface area contributed by atoms with Gasteiger partial charge in [0.25, 0.3) is 0 Å². The molecule has 0 aliphatic rings. The lowest BCUT2D eigenvalue weighted by molar-refractivity contribution is 0.626. The highest BCUT2D eigenvalue weighted by atomic mass is 19.1. The molecule has 0 fully saturated rings. The predicted octanol–water partition coefficient (Wildman–Crippen LogP) is 4.50. The maximum atomic E-state index is 13.1. The lowest BCUT2D eigenvalue weighted by Gasteiger charge is -2.17. The van der Waals surface area contributed by atoms with Gasteiger partial charge in [0.2, 0.25) is 0 Å². The molecule has 2 aromatic heterocycles. The number of hydrogen-bond acceptors (Lipinski definition) is 3. The van der Waals surface area contributed by atoms with Crippen LogP contribution in [0.25, 0.3) is 16.6 Å². The molecule has 2 aromatic carbocycles.